The summed E-state index contributed by atoms with van der Waals surface area (Å²) in [5.41, 5.74) is 1.11. The van der Waals surface area contributed by atoms with Gasteiger partial charge in [-0.3, -0.25) is 0 Å². The van der Waals surface area contributed by atoms with Crippen LogP contribution in [-0.4, -0.2) is 37.4 Å². The lowest BCUT2D eigenvalue weighted by atomic mass is 10.2. The summed E-state index contributed by atoms with van der Waals surface area (Å²) >= 11 is 5.87. The second-order valence-electron chi connectivity index (χ2n) is 4.62. The van der Waals surface area contributed by atoms with Crippen molar-refractivity contribution in [2.75, 3.05) is 31.7 Å². The summed E-state index contributed by atoms with van der Waals surface area (Å²) in [7, 11) is 1.62. The van der Waals surface area contributed by atoms with Crippen LogP contribution in [0.4, 0.5) is 5.69 Å². The Morgan fingerprint density at radius 2 is 2.29 bits per heavy atom. The minimum atomic E-state index is 0.100. The van der Waals surface area contributed by atoms with Crippen LogP contribution in [-0.2, 0) is 4.74 Å². The van der Waals surface area contributed by atoms with E-state index in [1.165, 1.54) is 0 Å². The third-order valence-electron chi connectivity index (χ3n) is 3.40. The van der Waals surface area contributed by atoms with E-state index in [9.17, 15) is 0 Å². The molecule has 1 spiro atoms. The molecule has 1 aromatic rings. The lowest BCUT2D eigenvalue weighted by Gasteiger charge is -2.35. The van der Waals surface area contributed by atoms with E-state index >= 15 is 0 Å². The average molecular weight is 255 g/mol. The number of rotatable bonds is 2. The highest BCUT2D eigenvalue weighted by atomic mass is 35.5. The molecule has 2 heterocycles. The third kappa shape index (κ3) is 2.07. The molecular formula is C12H15ClN2O2. The molecule has 3 rings (SSSR count). The number of nitrogens with zero attached hydrogens (tertiary/aromatic N) is 2. The highest BCUT2D eigenvalue weighted by Crippen LogP contribution is 2.43. The molecule has 1 aliphatic carbocycles. The average Bonchev–Trinajstić information content (AvgIpc) is 3.08. The van der Waals surface area contributed by atoms with Crippen molar-refractivity contribution in [2.45, 2.75) is 18.4 Å². The van der Waals surface area contributed by atoms with Gasteiger partial charge in [0.15, 0.2) is 0 Å². The van der Waals surface area contributed by atoms with Crippen molar-refractivity contribution >= 4 is 17.3 Å². The Kier molecular flexibility index (Phi) is 2.64. The highest BCUT2D eigenvalue weighted by molar-refractivity contribution is 6.29. The molecule has 2 fully saturated rings. The van der Waals surface area contributed by atoms with Crippen LogP contribution in [0.5, 0.6) is 5.88 Å². The molecule has 0 atom stereocenters. The maximum absolute atomic E-state index is 5.87. The van der Waals surface area contributed by atoms with Gasteiger partial charge in [-0.05, 0) is 25.0 Å². The van der Waals surface area contributed by atoms with Crippen molar-refractivity contribution in [1.29, 1.82) is 0 Å². The second-order valence-corrected chi connectivity index (χ2v) is 5.00. The SMILES string of the molecule is COc1nc(Cl)ccc1N1CCOC2(CC2)C1. The van der Waals surface area contributed by atoms with E-state index in [1.54, 1.807) is 13.2 Å². The Bertz CT molecular complexity index is 435. The molecule has 0 aromatic carbocycles. The third-order valence-corrected chi connectivity index (χ3v) is 3.61. The molecule has 0 unspecified atom stereocenters. The normalized spacial score (nSPS) is 21.6. The summed E-state index contributed by atoms with van der Waals surface area (Å²) in [6.07, 6.45) is 2.32. The zero-order valence-electron chi connectivity index (χ0n) is 9.78. The summed E-state index contributed by atoms with van der Waals surface area (Å²) < 4.78 is 11.1. The molecule has 5 heteroatoms. The first-order valence-electron chi connectivity index (χ1n) is 5.82. The Morgan fingerprint density at radius 1 is 1.47 bits per heavy atom. The predicted molar refractivity (Wildman–Crippen MR) is 65.9 cm³/mol. The lowest BCUT2D eigenvalue weighted by molar-refractivity contribution is 0.0205. The number of hydrogen-bond donors (Lipinski definition) is 0. The minimum Gasteiger partial charge on any atom is -0.479 e. The van der Waals surface area contributed by atoms with Crippen molar-refractivity contribution in [3.05, 3.63) is 17.3 Å². The fraction of sp³-hybridized carbons (Fsp3) is 0.583. The second kappa shape index (κ2) is 4.03. The van der Waals surface area contributed by atoms with Gasteiger partial charge in [0.2, 0.25) is 5.88 Å². The van der Waals surface area contributed by atoms with E-state index < -0.39 is 0 Å². The van der Waals surface area contributed by atoms with Gasteiger partial charge in [-0.25, -0.2) is 0 Å². The predicted octanol–water partition coefficient (Wildman–Crippen LogP) is 2.11. The lowest BCUT2D eigenvalue weighted by Crippen LogP contribution is -2.44. The van der Waals surface area contributed by atoms with Crippen LogP contribution in [0, 0.1) is 0 Å². The van der Waals surface area contributed by atoms with E-state index in [-0.39, 0.29) is 5.60 Å². The molecule has 4 nitrogen and oxygen atoms in total. The van der Waals surface area contributed by atoms with Crippen molar-refractivity contribution < 1.29 is 9.47 Å². The Morgan fingerprint density at radius 3 is 3.00 bits per heavy atom. The largest absolute Gasteiger partial charge is 0.479 e. The summed E-state index contributed by atoms with van der Waals surface area (Å²) in [4.78, 5) is 6.47. The summed E-state index contributed by atoms with van der Waals surface area (Å²) in [5, 5.41) is 0.458. The molecule has 1 aliphatic heterocycles. The van der Waals surface area contributed by atoms with Crippen LogP contribution in [0.25, 0.3) is 0 Å². The number of halogens is 1. The van der Waals surface area contributed by atoms with Crippen LogP contribution in [0.3, 0.4) is 0 Å². The van der Waals surface area contributed by atoms with Gasteiger partial charge in [0.05, 0.1) is 19.3 Å². The first-order chi connectivity index (χ1) is 8.22. The van der Waals surface area contributed by atoms with Gasteiger partial charge < -0.3 is 14.4 Å². The zero-order valence-corrected chi connectivity index (χ0v) is 10.5. The molecule has 0 amide bonds. The van der Waals surface area contributed by atoms with E-state index in [2.05, 4.69) is 9.88 Å². The van der Waals surface area contributed by atoms with E-state index in [1.807, 2.05) is 6.07 Å². The molecule has 0 bridgehead atoms. The van der Waals surface area contributed by atoms with Gasteiger partial charge in [-0.15, -0.1) is 0 Å². The standard InChI is InChI=1S/C12H15ClN2O2/c1-16-11-9(2-3-10(13)14-11)15-6-7-17-12(8-15)4-5-12/h2-3H,4-8H2,1H3. The molecule has 0 radical (unpaired) electrons. The first-order valence-corrected chi connectivity index (χ1v) is 6.20. The summed E-state index contributed by atoms with van der Waals surface area (Å²) in [6.45, 7) is 2.57. The molecule has 17 heavy (non-hydrogen) atoms. The fourth-order valence-corrected chi connectivity index (χ4v) is 2.43. The zero-order chi connectivity index (χ0) is 11.9. The maximum atomic E-state index is 5.87. The summed E-state index contributed by atoms with van der Waals surface area (Å²) in [6, 6.07) is 3.77. The van der Waals surface area contributed by atoms with Crippen molar-refractivity contribution in [1.82, 2.24) is 4.98 Å². The van der Waals surface area contributed by atoms with Crippen LogP contribution in [0.2, 0.25) is 5.15 Å². The van der Waals surface area contributed by atoms with E-state index in [4.69, 9.17) is 21.1 Å². The maximum Gasteiger partial charge on any atom is 0.238 e. The van der Waals surface area contributed by atoms with Crippen LogP contribution >= 0.6 is 11.6 Å². The summed E-state index contributed by atoms with van der Waals surface area (Å²) in [5.74, 6) is 0.593. The van der Waals surface area contributed by atoms with Crippen LogP contribution < -0.4 is 9.64 Å². The Labute approximate surface area is 105 Å². The van der Waals surface area contributed by atoms with Gasteiger partial charge >= 0.3 is 0 Å². The number of ether oxygens (including phenoxy) is 2. The van der Waals surface area contributed by atoms with Crippen molar-refractivity contribution in [3.8, 4) is 5.88 Å². The van der Waals surface area contributed by atoms with Gasteiger partial charge in [-0.1, -0.05) is 11.6 Å². The number of methoxy groups -OCH3 is 1. The fourth-order valence-electron chi connectivity index (χ4n) is 2.29. The number of pyridine rings is 1. The Hall–Kier alpha value is -1.00. The van der Waals surface area contributed by atoms with E-state index in [0.29, 0.717) is 11.0 Å². The van der Waals surface area contributed by atoms with Gasteiger partial charge in [0, 0.05) is 13.1 Å². The van der Waals surface area contributed by atoms with Gasteiger partial charge in [0.25, 0.3) is 0 Å². The molecule has 0 N–H and O–H groups in total. The molecule has 1 saturated heterocycles. The molecule has 92 valence electrons. The van der Waals surface area contributed by atoms with Crippen molar-refractivity contribution in [2.24, 2.45) is 0 Å². The monoisotopic (exact) mass is 254 g/mol. The number of morpholine rings is 1. The minimum absolute atomic E-state index is 0.100. The van der Waals surface area contributed by atoms with Gasteiger partial charge in [0.1, 0.15) is 10.8 Å². The Balaban J connectivity index is 1.87. The molecule has 2 aliphatic rings. The van der Waals surface area contributed by atoms with Gasteiger partial charge in [-0.2, -0.15) is 4.98 Å². The highest BCUT2D eigenvalue weighted by Gasteiger charge is 2.47. The number of anilines is 1. The molecule has 1 aromatic heterocycles. The first kappa shape index (κ1) is 11.1. The number of aromatic nitrogens is 1. The topological polar surface area (TPSA) is 34.6 Å². The van der Waals surface area contributed by atoms with Crippen LogP contribution in [0.15, 0.2) is 12.1 Å². The smallest absolute Gasteiger partial charge is 0.238 e. The van der Waals surface area contributed by atoms with Crippen LogP contribution in [0.1, 0.15) is 12.8 Å². The molecular weight excluding hydrogens is 240 g/mol. The quantitative estimate of drug-likeness (QED) is 0.758. The van der Waals surface area contributed by atoms with Crippen molar-refractivity contribution in [3.63, 3.8) is 0 Å². The van der Waals surface area contributed by atoms with E-state index in [0.717, 1.165) is 38.2 Å². The number of hydrogen-bond acceptors (Lipinski definition) is 4. The molecule has 1 saturated carbocycles.